The number of nitrogens with zero attached hydrogens (tertiary/aromatic N) is 3. The van der Waals surface area contributed by atoms with Gasteiger partial charge in [0.1, 0.15) is 0 Å². The fraction of sp³-hybridized carbons (Fsp3) is 0.619. The molecule has 0 spiro atoms. The number of hydrogen-bond acceptors (Lipinski definition) is 5. The van der Waals surface area contributed by atoms with Crippen LogP contribution in [0.15, 0.2) is 30.6 Å². The largest absolute Gasteiger partial charge is 0.356 e. The molecule has 4 rings (SSSR count). The Morgan fingerprint density at radius 3 is 2.57 bits per heavy atom. The van der Waals surface area contributed by atoms with Crippen LogP contribution in [0.5, 0.6) is 0 Å². The normalized spacial score (nSPS) is 26.3. The van der Waals surface area contributed by atoms with Crippen LogP contribution in [-0.2, 0) is 15.1 Å². The second-order valence-electron chi connectivity index (χ2n) is 9.57. The molecule has 2 N–H and O–H groups in total. The fourth-order valence-electron chi connectivity index (χ4n) is 4.39. The standard InChI is InChI=1S/C21H30N4O3/c1-20(2,3)28-19(27)24-11-13-14(12-24)17(13)18(26)23-21(4,5)15-10-22-25-9-7-6-8-16(15)25/h6-10,13-14,17,19,27H,11-12H2,1-5H3,(H,23,26)/t13-,14+,17?,19?. The molecule has 28 heavy (non-hydrogen) atoms. The average molecular weight is 386 g/mol. The Bertz CT molecular complexity index is 873. The Kier molecular flexibility index (Phi) is 4.52. The number of carbonyl (C=O) groups is 1. The molecular weight excluding hydrogens is 356 g/mol. The second kappa shape index (κ2) is 6.54. The van der Waals surface area contributed by atoms with Crippen molar-refractivity contribution < 1.29 is 14.6 Å². The number of piperidine rings is 1. The SMILES string of the molecule is CC(C)(C)OC(O)N1C[C@@H]2C(C(=O)NC(C)(C)c3cnn4ccccc34)[C@@H]2C1. The van der Waals surface area contributed by atoms with Gasteiger partial charge in [0.05, 0.1) is 22.9 Å². The van der Waals surface area contributed by atoms with Gasteiger partial charge in [-0.15, -0.1) is 0 Å². The van der Waals surface area contributed by atoms with Crippen LogP contribution in [0.2, 0.25) is 0 Å². The van der Waals surface area contributed by atoms with E-state index in [-0.39, 0.29) is 23.7 Å². The van der Waals surface area contributed by atoms with Crippen LogP contribution in [0.25, 0.3) is 5.52 Å². The van der Waals surface area contributed by atoms with E-state index in [4.69, 9.17) is 4.74 Å². The summed E-state index contributed by atoms with van der Waals surface area (Å²) < 4.78 is 7.45. The minimum absolute atomic E-state index is 0.0131. The van der Waals surface area contributed by atoms with Crippen molar-refractivity contribution >= 4 is 11.4 Å². The summed E-state index contributed by atoms with van der Waals surface area (Å²) in [4.78, 5) is 14.8. The average Bonchev–Trinajstić information content (AvgIpc) is 2.96. The lowest BCUT2D eigenvalue weighted by Crippen LogP contribution is -2.45. The fourth-order valence-corrected chi connectivity index (χ4v) is 4.39. The number of nitrogens with one attached hydrogen (secondary N) is 1. The van der Waals surface area contributed by atoms with E-state index in [0.717, 1.165) is 11.1 Å². The highest BCUT2D eigenvalue weighted by molar-refractivity contribution is 5.83. The van der Waals surface area contributed by atoms with Crippen LogP contribution in [-0.4, -0.2) is 50.6 Å². The van der Waals surface area contributed by atoms with Crippen LogP contribution >= 0.6 is 0 Å². The van der Waals surface area contributed by atoms with Crippen LogP contribution < -0.4 is 5.32 Å². The molecule has 2 aromatic heterocycles. The Morgan fingerprint density at radius 1 is 1.25 bits per heavy atom. The van der Waals surface area contributed by atoms with Crippen LogP contribution in [0.3, 0.4) is 0 Å². The third kappa shape index (κ3) is 3.54. The summed E-state index contributed by atoms with van der Waals surface area (Å²) >= 11 is 0. The molecule has 152 valence electrons. The molecule has 7 heteroatoms. The predicted octanol–water partition coefficient (Wildman–Crippen LogP) is 1.95. The van der Waals surface area contributed by atoms with Crippen molar-refractivity contribution in [3.8, 4) is 0 Å². The van der Waals surface area contributed by atoms with E-state index in [9.17, 15) is 9.90 Å². The van der Waals surface area contributed by atoms with Gasteiger partial charge in [0.15, 0.2) is 0 Å². The number of ether oxygens (including phenoxy) is 1. The van der Waals surface area contributed by atoms with Crippen LogP contribution in [0.1, 0.15) is 40.2 Å². The lowest BCUT2D eigenvalue weighted by molar-refractivity contribution is -0.236. The van der Waals surface area contributed by atoms with E-state index < -0.39 is 17.6 Å². The maximum atomic E-state index is 12.9. The Labute approximate surface area is 165 Å². The van der Waals surface area contributed by atoms with Gasteiger partial charge in [-0.1, -0.05) is 6.07 Å². The number of amides is 1. The minimum Gasteiger partial charge on any atom is -0.356 e. The summed E-state index contributed by atoms with van der Waals surface area (Å²) in [7, 11) is 0. The zero-order valence-electron chi connectivity index (χ0n) is 17.2. The quantitative estimate of drug-likeness (QED) is 0.768. The van der Waals surface area contributed by atoms with Crippen LogP contribution in [0.4, 0.5) is 0 Å². The Morgan fingerprint density at radius 2 is 1.93 bits per heavy atom. The molecule has 2 unspecified atom stereocenters. The number of pyridine rings is 1. The van der Waals surface area contributed by atoms with E-state index in [2.05, 4.69) is 10.4 Å². The highest BCUT2D eigenvalue weighted by atomic mass is 16.6. The molecule has 2 aromatic rings. The van der Waals surface area contributed by atoms with Gasteiger partial charge < -0.3 is 15.2 Å². The number of rotatable bonds is 5. The first-order chi connectivity index (χ1) is 13.1. The van der Waals surface area contributed by atoms with Gasteiger partial charge in [-0.25, -0.2) is 4.52 Å². The first-order valence-corrected chi connectivity index (χ1v) is 9.92. The van der Waals surface area contributed by atoms with Crippen molar-refractivity contribution in [3.63, 3.8) is 0 Å². The molecule has 0 aromatic carbocycles. The number of hydrogen-bond donors (Lipinski definition) is 2. The molecule has 2 fully saturated rings. The van der Waals surface area contributed by atoms with Crippen molar-refractivity contribution in [1.82, 2.24) is 19.8 Å². The van der Waals surface area contributed by atoms with E-state index in [1.807, 2.05) is 74.6 Å². The molecule has 3 heterocycles. The third-order valence-corrected chi connectivity index (χ3v) is 5.83. The molecule has 1 aliphatic heterocycles. The number of aliphatic hydroxyl groups is 1. The van der Waals surface area contributed by atoms with E-state index in [1.165, 1.54) is 0 Å². The van der Waals surface area contributed by atoms with Crippen LogP contribution in [0, 0.1) is 17.8 Å². The maximum Gasteiger partial charge on any atom is 0.224 e. The van der Waals surface area contributed by atoms with Gasteiger partial charge >= 0.3 is 0 Å². The molecule has 1 amide bonds. The highest BCUT2D eigenvalue weighted by Gasteiger charge is 2.60. The van der Waals surface area contributed by atoms with Crippen molar-refractivity contribution in [2.24, 2.45) is 17.8 Å². The number of carbonyl (C=O) groups excluding carboxylic acids is 1. The summed E-state index contributed by atoms with van der Waals surface area (Å²) in [5, 5.41) is 17.9. The second-order valence-corrected chi connectivity index (χ2v) is 9.57. The topological polar surface area (TPSA) is 79.1 Å². The lowest BCUT2D eigenvalue weighted by atomic mass is 9.95. The van der Waals surface area contributed by atoms with Crippen molar-refractivity contribution in [2.45, 2.75) is 52.2 Å². The zero-order valence-corrected chi connectivity index (χ0v) is 17.2. The number of likely N-dealkylation sites (tertiary alicyclic amines) is 1. The van der Waals surface area contributed by atoms with E-state index in [1.54, 1.807) is 0 Å². The predicted molar refractivity (Wildman–Crippen MR) is 105 cm³/mol. The summed E-state index contributed by atoms with van der Waals surface area (Å²) in [6, 6.07) is 5.92. The van der Waals surface area contributed by atoms with Gasteiger partial charge in [0.25, 0.3) is 0 Å². The number of aromatic nitrogens is 2. The maximum absolute atomic E-state index is 12.9. The number of aliphatic hydroxyl groups excluding tert-OH is 1. The monoisotopic (exact) mass is 386 g/mol. The molecular formula is C21H30N4O3. The first kappa shape index (κ1) is 19.4. The van der Waals surface area contributed by atoms with E-state index in [0.29, 0.717) is 13.1 Å². The van der Waals surface area contributed by atoms with Gasteiger partial charge in [0, 0.05) is 30.8 Å². The molecule has 0 radical (unpaired) electrons. The smallest absolute Gasteiger partial charge is 0.224 e. The summed E-state index contributed by atoms with van der Waals surface area (Å²) in [5.74, 6) is 0.677. The molecule has 1 aliphatic carbocycles. The number of fused-ring (bicyclic) bond motifs is 2. The Hall–Kier alpha value is -1.96. The summed E-state index contributed by atoms with van der Waals surface area (Å²) in [5.41, 5.74) is 1.09. The summed E-state index contributed by atoms with van der Waals surface area (Å²) in [6.45, 7) is 11.2. The van der Waals surface area contributed by atoms with Gasteiger partial charge in [-0.3, -0.25) is 9.69 Å². The van der Waals surface area contributed by atoms with Gasteiger partial charge in [0.2, 0.25) is 12.3 Å². The highest BCUT2D eigenvalue weighted by Crippen LogP contribution is 2.52. The van der Waals surface area contributed by atoms with Gasteiger partial charge in [-0.05, 0) is 58.6 Å². The lowest BCUT2D eigenvalue weighted by Gasteiger charge is -2.31. The Balaban J connectivity index is 1.37. The molecule has 1 saturated carbocycles. The molecule has 4 atom stereocenters. The molecule has 0 bridgehead atoms. The molecule has 7 nitrogen and oxygen atoms in total. The van der Waals surface area contributed by atoms with E-state index >= 15 is 0 Å². The first-order valence-electron chi connectivity index (χ1n) is 9.92. The van der Waals surface area contributed by atoms with Crippen molar-refractivity contribution in [2.75, 3.05) is 13.1 Å². The molecule has 2 aliphatic rings. The molecule has 1 saturated heterocycles. The summed E-state index contributed by atoms with van der Waals surface area (Å²) in [6.07, 6.45) is 2.82. The van der Waals surface area contributed by atoms with Crippen molar-refractivity contribution in [3.05, 3.63) is 36.2 Å². The van der Waals surface area contributed by atoms with Gasteiger partial charge in [-0.2, -0.15) is 5.10 Å². The minimum atomic E-state index is -0.910. The zero-order chi connectivity index (χ0) is 20.3. The third-order valence-electron chi connectivity index (χ3n) is 5.83. The van der Waals surface area contributed by atoms with Crippen molar-refractivity contribution in [1.29, 1.82) is 0 Å².